The number of nitrogens with zero attached hydrogens (tertiary/aromatic N) is 1. The number of para-hydroxylation sites is 2. The van der Waals surface area contributed by atoms with E-state index < -0.39 is 16.1 Å². The molecule has 2 heterocycles. The molecule has 12 aromatic rings. The molecule has 0 aliphatic carbocycles. The van der Waals surface area contributed by atoms with Crippen LogP contribution >= 0.6 is 0 Å². The van der Waals surface area contributed by atoms with Crippen LogP contribution in [0.4, 0.5) is 0 Å². The predicted octanol–water partition coefficient (Wildman–Crippen LogP) is 9.44. The Bertz CT molecular complexity index is 3340. The van der Waals surface area contributed by atoms with E-state index in [-0.39, 0.29) is 0 Å². The summed E-state index contributed by atoms with van der Waals surface area (Å²) in [7, 11) is -5.87. The maximum atomic E-state index is 7.28. The van der Waals surface area contributed by atoms with E-state index in [9.17, 15) is 0 Å². The van der Waals surface area contributed by atoms with Gasteiger partial charge in [0.25, 0.3) is 0 Å². The Labute approximate surface area is 375 Å². The number of hydrogen-bond donors (Lipinski definition) is 0. The molecule has 0 saturated heterocycles. The van der Waals surface area contributed by atoms with Crippen molar-refractivity contribution in [1.29, 1.82) is 0 Å². The molecule has 0 radical (unpaired) electrons. The molecule has 0 aliphatic heterocycles. The van der Waals surface area contributed by atoms with Gasteiger partial charge in [0.1, 0.15) is 5.58 Å². The van der Waals surface area contributed by atoms with Crippen LogP contribution in [-0.2, 0) is 0 Å². The number of aromatic nitrogens is 1. The van der Waals surface area contributed by atoms with Gasteiger partial charge in [0.2, 0.25) is 0 Å². The van der Waals surface area contributed by atoms with E-state index in [0.29, 0.717) is 0 Å². The van der Waals surface area contributed by atoms with Crippen LogP contribution in [-0.4, -0.2) is 20.7 Å². The van der Waals surface area contributed by atoms with E-state index in [2.05, 4.69) is 265 Å². The van der Waals surface area contributed by atoms with E-state index in [1.807, 2.05) is 0 Å². The van der Waals surface area contributed by atoms with Crippen molar-refractivity contribution in [3.8, 4) is 5.69 Å². The summed E-state index contributed by atoms with van der Waals surface area (Å²) in [6.07, 6.45) is 0. The highest BCUT2D eigenvalue weighted by Crippen LogP contribution is 2.38. The molecule has 4 heteroatoms. The van der Waals surface area contributed by atoms with Gasteiger partial charge in [0, 0.05) is 21.5 Å². The first-order chi connectivity index (χ1) is 31.8. The molecule has 2 aromatic heterocycles. The molecule has 64 heavy (non-hydrogen) atoms. The minimum Gasteiger partial charge on any atom is -0.454 e. The number of rotatable bonds is 9. The minimum absolute atomic E-state index is 0.876. The van der Waals surface area contributed by atoms with Gasteiger partial charge in [-0.15, -0.1) is 0 Å². The zero-order valence-electron chi connectivity index (χ0n) is 35.2. The quantitative estimate of drug-likeness (QED) is 0.105. The normalized spacial score (nSPS) is 12.1. The Morgan fingerprint density at radius 2 is 0.609 bits per heavy atom. The summed E-state index contributed by atoms with van der Waals surface area (Å²) in [5, 5.41) is 15.3. The first-order valence-electron chi connectivity index (χ1n) is 22.1. The van der Waals surface area contributed by atoms with Crippen LogP contribution in [0.1, 0.15) is 0 Å². The number of benzene rings is 10. The average Bonchev–Trinajstić information content (AvgIpc) is 3.92. The second-order valence-electron chi connectivity index (χ2n) is 16.8. The Balaban J connectivity index is 1.26. The van der Waals surface area contributed by atoms with E-state index in [4.69, 9.17) is 4.42 Å². The van der Waals surface area contributed by atoms with E-state index in [1.54, 1.807) is 0 Å². The molecule has 0 saturated carbocycles. The largest absolute Gasteiger partial charge is 0.454 e. The Morgan fingerprint density at radius 3 is 1.02 bits per heavy atom. The van der Waals surface area contributed by atoms with Crippen molar-refractivity contribution in [2.24, 2.45) is 0 Å². The standard InChI is InChI=1S/C60H43NOSi2/c1-7-23-44(24-8-1)63(45-25-9-2-10-26-45,46-27-11-3-12-28-46)50-39-40-59-54(41-50)55-42-51(43-58(60(55)62-59)61-56-37-21-19-35-52(56)53-36-20-22-38-57(53)61)64(47-29-13-4-14-30-47,48-31-15-5-16-32-48)49-33-17-6-18-34-49/h1-43H. The zero-order valence-corrected chi connectivity index (χ0v) is 37.2. The fourth-order valence-corrected chi connectivity index (χ4v) is 20.4. The lowest BCUT2D eigenvalue weighted by atomic mass is 10.1. The number of fused-ring (bicyclic) bond motifs is 6. The monoisotopic (exact) mass is 849 g/mol. The Kier molecular flexibility index (Phi) is 9.22. The fourth-order valence-electron chi connectivity index (χ4n) is 10.8. The van der Waals surface area contributed by atoms with Gasteiger partial charge in [0.15, 0.2) is 21.7 Å². The second-order valence-corrected chi connectivity index (χ2v) is 24.4. The van der Waals surface area contributed by atoms with Crippen LogP contribution in [0.25, 0.3) is 49.4 Å². The third kappa shape index (κ3) is 5.77. The molecule has 0 fully saturated rings. The molecule has 12 rings (SSSR count). The average molecular weight is 850 g/mol. The summed E-state index contributed by atoms with van der Waals surface area (Å²) < 4.78 is 9.74. The van der Waals surface area contributed by atoms with Crippen LogP contribution in [0.2, 0.25) is 0 Å². The molecule has 2 nitrogen and oxygen atoms in total. The van der Waals surface area contributed by atoms with Crippen LogP contribution in [0.15, 0.2) is 265 Å². The van der Waals surface area contributed by atoms with E-state index in [1.165, 1.54) is 52.3 Å². The fraction of sp³-hybridized carbons (Fsp3) is 0. The highest BCUT2D eigenvalue weighted by Gasteiger charge is 2.44. The minimum atomic E-state index is -3.01. The van der Waals surface area contributed by atoms with Gasteiger partial charge in [-0.3, -0.25) is 0 Å². The topological polar surface area (TPSA) is 18.1 Å². The molecule has 0 aliphatic rings. The van der Waals surface area contributed by atoms with Gasteiger partial charge in [-0.2, -0.15) is 0 Å². The molecule has 0 spiro atoms. The van der Waals surface area contributed by atoms with Gasteiger partial charge in [-0.05, 0) is 71.8 Å². The van der Waals surface area contributed by atoms with E-state index >= 15 is 0 Å². The number of furan rings is 1. The van der Waals surface area contributed by atoms with Crippen molar-refractivity contribution in [2.75, 3.05) is 0 Å². The first kappa shape index (κ1) is 38.0. The Morgan fingerprint density at radius 1 is 0.266 bits per heavy atom. The lowest BCUT2D eigenvalue weighted by Gasteiger charge is -2.35. The summed E-state index contributed by atoms with van der Waals surface area (Å²) in [6.45, 7) is 0. The summed E-state index contributed by atoms with van der Waals surface area (Å²) in [5.41, 5.74) is 5.10. The van der Waals surface area contributed by atoms with Gasteiger partial charge in [0.05, 0.1) is 16.7 Å². The molecule has 302 valence electrons. The van der Waals surface area contributed by atoms with Crippen molar-refractivity contribution in [2.45, 2.75) is 0 Å². The molecule has 0 atom stereocenters. The SMILES string of the molecule is c1ccc([Si](c2ccccc2)(c2ccccc2)c2ccc3oc4c(-n5c6ccccc6c6ccccc65)cc([Si](c5ccccc5)(c5ccccc5)c5ccccc5)cc4c3c2)cc1. The smallest absolute Gasteiger partial charge is 0.179 e. The maximum absolute atomic E-state index is 7.28. The lowest BCUT2D eigenvalue weighted by molar-refractivity contribution is 0.666. The highest BCUT2D eigenvalue weighted by atomic mass is 28.3. The first-order valence-corrected chi connectivity index (χ1v) is 26.1. The third-order valence-corrected chi connectivity index (χ3v) is 23.0. The van der Waals surface area contributed by atoms with Crippen LogP contribution in [0.5, 0.6) is 0 Å². The van der Waals surface area contributed by atoms with Gasteiger partial charge < -0.3 is 8.98 Å². The summed E-state index contributed by atoms with van der Waals surface area (Å²) in [6, 6.07) is 97.0. The van der Waals surface area contributed by atoms with E-state index in [0.717, 1.165) is 38.7 Å². The van der Waals surface area contributed by atoms with Crippen LogP contribution < -0.4 is 41.5 Å². The predicted molar refractivity (Wildman–Crippen MR) is 275 cm³/mol. The molecular formula is C60H43NOSi2. The molecular weight excluding hydrogens is 807 g/mol. The molecule has 0 unspecified atom stereocenters. The van der Waals surface area contributed by atoms with Crippen molar-refractivity contribution in [3.63, 3.8) is 0 Å². The van der Waals surface area contributed by atoms with Gasteiger partial charge in [-0.25, -0.2) is 0 Å². The maximum Gasteiger partial charge on any atom is 0.179 e. The van der Waals surface area contributed by atoms with Crippen LogP contribution in [0.3, 0.4) is 0 Å². The zero-order chi connectivity index (χ0) is 42.5. The third-order valence-electron chi connectivity index (χ3n) is 13.5. The summed E-state index contributed by atoms with van der Waals surface area (Å²) in [4.78, 5) is 0. The summed E-state index contributed by atoms with van der Waals surface area (Å²) >= 11 is 0. The van der Waals surface area contributed by atoms with Gasteiger partial charge in [-0.1, -0.05) is 231 Å². The van der Waals surface area contributed by atoms with Crippen LogP contribution in [0, 0.1) is 0 Å². The van der Waals surface area contributed by atoms with Gasteiger partial charge >= 0.3 is 0 Å². The second kappa shape index (κ2) is 15.5. The van der Waals surface area contributed by atoms with Crippen molar-refractivity contribution >= 4 is 101 Å². The lowest BCUT2D eigenvalue weighted by Crippen LogP contribution is -2.74. The number of hydrogen-bond acceptors (Lipinski definition) is 1. The van der Waals surface area contributed by atoms with Crippen molar-refractivity contribution < 1.29 is 4.42 Å². The Hall–Kier alpha value is -7.77. The highest BCUT2D eigenvalue weighted by molar-refractivity contribution is 7.20. The molecule has 0 amide bonds. The molecule has 0 bridgehead atoms. The van der Waals surface area contributed by atoms with Crippen molar-refractivity contribution in [1.82, 2.24) is 4.57 Å². The molecule has 0 N–H and O–H groups in total. The van der Waals surface area contributed by atoms with Crippen molar-refractivity contribution in [3.05, 3.63) is 261 Å². The summed E-state index contributed by atoms with van der Waals surface area (Å²) in [5.74, 6) is 0. The molecule has 10 aromatic carbocycles.